The van der Waals surface area contributed by atoms with Crippen molar-refractivity contribution in [2.45, 2.75) is 18.7 Å². The van der Waals surface area contributed by atoms with Gasteiger partial charge in [0.25, 0.3) is 5.91 Å². The topological polar surface area (TPSA) is 33.2 Å². The van der Waals surface area contributed by atoms with E-state index in [1.165, 1.54) is 0 Å². The summed E-state index contributed by atoms with van der Waals surface area (Å²) in [6.07, 6.45) is 2.49. The Kier molecular flexibility index (Phi) is 4.38. The number of hydrogen-bond acceptors (Lipinski definition) is 2. The molecule has 0 radical (unpaired) electrons. The summed E-state index contributed by atoms with van der Waals surface area (Å²) in [6, 6.07) is 9.49. The lowest BCUT2D eigenvalue weighted by molar-refractivity contribution is 0.0795. The molecule has 0 saturated heterocycles. The third-order valence-corrected chi connectivity index (χ3v) is 3.29. The second-order valence-electron chi connectivity index (χ2n) is 4.68. The van der Waals surface area contributed by atoms with Gasteiger partial charge < -0.3 is 4.90 Å². The Morgan fingerprint density at radius 3 is 2.84 bits per heavy atom. The summed E-state index contributed by atoms with van der Waals surface area (Å²) < 4.78 is 0. The first-order valence-electron chi connectivity index (χ1n) is 6.33. The van der Waals surface area contributed by atoms with E-state index >= 15 is 0 Å². The maximum Gasteiger partial charge on any atom is 0.255 e. The maximum atomic E-state index is 12.4. The monoisotopic (exact) mass is 276 g/mol. The van der Waals surface area contributed by atoms with Gasteiger partial charge >= 0.3 is 0 Å². The van der Waals surface area contributed by atoms with Crippen LogP contribution in [0.3, 0.4) is 0 Å². The van der Waals surface area contributed by atoms with Gasteiger partial charge in [0.2, 0.25) is 0 Å². The molecule has 0 aliphatic carbocycles. The van der Waals surface area contributed by atoms with Crippen molar-refractivity contribution < 1.29 is 4.79 Å². The Hall–Kier alpha value is -1.61. The molecule has 1 unspecified atom stereocenters. The van der Waals surface area contributed by atoms with Crippen LogP contribution in [0.2, 0.25) is 0 Å². The first kappa shape index (κ1) is 13.8. The molecule has 19 heavy (non-hydrogen) atoms. The molecule has 0 spiro atoms. The Bertz CT molecular complexity index is 578. The van der Waals surface area contributed by atoms with E-state index in [2.05, 4.69) is 4.98 Å². The van der Waals surface area contributed by atoms with Crippen LogP contribution in [0.25, 0.3) is 10.9 Å². The molecule has 1 amide bonds. The molecule has 1 heterocycles. The van der Waals surface area contributed by atoms with Crippen molar-refractivity contribution in [3.63, 3.8) is 0 Å². The number of pyridine rings is 1. The number of benzene rings is 1. The van der Waals surface area contributed by atoms with Gasteiger partial charge in [0, 0.05) is 30.6 Å². The van der Waals surface area contributed by atoms with Crippen LogP contribution in [0.15, 0.2) is 36.5 Å². The number of aromatic nitrogens is 1. The highest BCUT2D eigenvalue weighted by atomic mass is 35.5. The van der Waals surface area contributed by atoms with Crippen molar-refractivity contribution in [3.05, 3.63) is 42.1 Å². The number of halogens is 1. The fourth-order valence-electron chi connectivity index (χ4n) is 1.96. The van der Waals surface area contributed by atoms with Crippen molar-refractivity contribution in [2.24, 2.45) is 0 Å². The van der Waals surface area contributed by atoms with Crippen molar-refractivity contribution in [1.82, 2.24) is 9.88 Å². The van der Waals surface area contributed by atoms with Gasteiger partial charge in [-0.25, -0.2) is 0 Å². The van der Waals surface area contributed by atoms with Crippen LogP contribution in [0, 0.1) is 0 Å². The highest BCUT2D eigenvalue weighted by Gasteiger charge is 2.15. The number of para-hydroxylation sites is 1. The van der Waals surface area contributed by atoms with Crippen LogP contribution in [-0.4, -0.2) is 34.8 Å². The first-order chi connectivity index (χ1) is 9.09. The van der Waals surface area contributed by atoms with Gasteiger partial charge in [-0.05, 0) is 25.5 Å². The molecule has 0 aliphatic rings. The zero-order chi connectivity index (χ0) is 13.8. The average molecular weight is 277 g/mol. The van der Waals surface area contributed by atoms with Crippen LogP contribution in [0.1, 0.15) is 23.7 Å². The van der Waals surface area contributed by atoms with E-state index in [0.717, 1.165) is 17.3 Å². The SMILES string of the molecule is CC(Cl)CCN(C)C(=O)c1cccc2cccnc12. The molecular formula is C15H17ClN2O. The van der Waals surface area contributed by atoms with Gasteiger partial charge in [0.1, 0.15) is 0 Å². The second kappa shape index (κ2) is 6.02. The Balaban J connectivity index is 2.26. The summed E-state index contributed by atoms with van der Waals surface area (Å²) in [4.78, 5) is 18.4. The molecule has 100 valence electrons. The highest BCUT2D eigenvalue weighted by Crippen LogP contribution is 2.17. The Morgan fingerprint density at radius 1 is 1.37 bits per heavy atom. The number of alkyl halides is 1. The minimum absolute atomic E-state index is 0.0124. The van der Waals surface area contributed by atoms with E-state index in [-0.39, 0.29) is 11.3 Å². The fourth-order valence-corrected chi connectivity index (χ4v) is 2.05. The van der Waals surface area contributed by atoms with Crippen LogP contribution >= 0.6 is 11.6 Å². The lowest BCUT2D eigenvalue weighted by Crippen LogP contribution is -2.29. The molecule has 3 nitrogen and oxygen atoms in total. The lowest BCUT2D eigenvalue weighted by Gasteiger charge is -2.18. The van der Waals surface area contributed by atoms with E-state index in [0.29, 0.717) is 12.1 Å². The molecule has 0 saturated carbocycles. The summed E-state index contributed by atoms with van der Waals surface area (Å²) in [5, 5.41) is 1.05. The number of rotatable bonds is 4. The standard InChI is InChI=1S/C15H17ClN2O/c1-11(16)8-10-18(2)15(19)13-7-3-5-12-6-4-9-17-14(12)13/h3-7,9,11H,8,10H2,1-2H3. The number of fused-ring (bicyclic) bond motifs is 1. The van der Waals surface area contributed by atoms with Gasteiger partial charge in [-0.2, -0.15) is 0 Å². The minimum Gasteiger partial charge on any atom is -0.342 e. The number of hydrogen-bond donors (Lipinski definition) is 0. The molecule has 2 aromatic rings. The van der Waals surface area contributed by atoms with Gasteiger partial charge in [0.15, 0.2) is 0 Å². The van der Waals surface area contributed by atoms with Crippen molar-refractivity contribution in [2.75, 3.05) is 13.6 Å². The van der Waals surface area contributed by atoms with E-state index in [1.807, 2.05) is 37.3 Å². The summed E-state index contributed by atoms with van der Waals surface area (Å²) in [5.41, 5.74) is 1.39. The van der Waals surface area contributed by atoms with Crippen molar-refractivity contribution in [3.8, 4) is 0 Å². The molecule has 4 heteroatoms. The maximum absolute atomic E-state index is 12.4. The zero-order valence-electron chi connectivity index (χ0n) is 11.1. The van der Waals surface area contributed by atoms with Gasteiger partial charge in [-0.15, -0.1) is 11.6 Å². The average Bonchev–Trinajstić information content (AvgIpc) is 2.43. The Morgan fingerprint density at radius 2 is 2.11 bits per heavy atom. The van der Waals surface area contributed by atoms with Gasteiger partial charge in [-0.3, -0.25) is 9.78 Å². The van der Waals surface area contributed by atoms with E-state index in [9.17, 15) is 4.79 Å². The predicted octanol–water partition coefficient (Wildman–Crippen LogP) is 3.32. The van der Waals surface area contributed by atoms with Crippen LogP contribution < -0.4 is 0 Å². The molecule has 2 rings (SSSR count). The smallest absolute Gasteiger partial charge is 0.255 e. The molecular weight excluding hydrogens is 260 g/mol. The molecule has 1 aromatic carbocycles. The summed E-state index contributed by atoms with van der Waals surface area (Å²) in [7, 11) is 1.80. The molecule has 0 bridgehead atoms. The Labute approximate surface area is 118 Å². The highest BCUT2D eigenvalue weighted by molar-refractivity contribution is 6.20. The normalized spacial score (nSPS) is 12.4. The van der Waals surface area contributed by atoms with E-state index in [4.69, 9.17) is 11.6 Å². The number of amides is 1. The van der Waals surface area contributed by atoms with Crippen molar-refractivity contribution >= 4 is 28.4 Å². The summed E-state index contributed by atoms with van der Waals surface area (Å²) in [5.74, 6) is -0.0124. The molecule has 1 atom stereocenters. The fraction of sp³-hybridized carbons (Fsp3) is 0.333. The molecule has 0 fully saturated rings. The lowest BCUT2D eigenvalue weighted by atomic mass is 10.1. The van der Waals surface area contributed by atoms with Crippen LogP contribution in [0.4, 0.5) is 0 Å². The predicted molar refractivity (Wildman–Crippen MR) is 78.6 cm³/mol. The second-order valence-corrected chi connectivity index (χ2v) is 5.42. The first-order valence-corrected chi connectivity index (χ1v) is 6.76. The molecule has 1 aromatic heterocycles. The summed E-state index contributed by atoms with van der Waals surface area (Å²) >= 11 is 5.92. The van der Waals surface area contributed by atoms with Crippen molar-refractivity contribution in [1.29, 1.82) is 0 Å². The quantitative estimate of drug-likeness (QED) is 0.803. The van der Waals surface area contributed by atoms with E-state index in [1.54, 1.807) is 18.1 Å². The number of carbonyl (C=O) groups excluding carboxylic acids is 1. The third kappa shape index (κ3) is 3.24. The van der Waals surface area contributed by atoms with Crippen LogP contribution in [-0.2, 0) is 0 Å². The largest absolute Gasteiger partial charge is 0.342 e. The molecule has 0 aliphatic heterocycles. The number of carbonyl (C=O) groups is 1. The number of nitrogens with zero attached hydrogens (tertiary/aromatic N) is 2. The van der Waals surface area contributed by atoms with Gasteiger partial charge in [0.05, 0.1) is 11.1 Å². The third-order valence-electron chi connectivity index (χ3n) is 3.07. The molecule has 0 N–H and O–H groups in total. The van der Waals surface area contributed by atoms with Gasteiger partial charge in [-0.1, -0.05) is 18.2 Å². The summed E-state index contributed by atoms with van der Waals surface area (Å²) in [6.45, 7) is 2.58. The van der Waals surface area contributed by atoms with E-state index < -0.39 is 0 Å². The van der Waals surface area contributed by atoms with Crippen LogP contribution in [0.5, 0.6) is 0 Å². The minimum atomic E-state index is -0.0124. The zero-order valence-corrected chi connectivity index (χ0v) is 11.9.